The molecule has 1 unspecified atom stereocenters. The minimum Gasteiger partial charge on any atom is -0.465 e. The molecule has 2 nitrogen and oxygen atoms in total. The Bertz CT molecular complexity index is 294. The van der Waals surface area contributed by atoms with Crippen molar-refractivity contribution < 1.29 is 9.53 Å². The molecule has 88 valence electrons. The molecule has 1 rings (SSSR count). The van der Waals surface area contributed by atoms with E-state index in [0.29, 0.717) is 18.9 Å². The standard InChI is InChI=1S/C14H20O2/c1-13-9-7-5-3-2-4-6-8-10-14(15)16-12-11-13/h6,8,13H,2,4,7,9-12H2,1H3/b8-6-. The molecule has 1 aliphatic heterocycles. The van der Waals surface area contributed by atoms with Gasteiger partial charge in [0.15, 0.2) is 0 Å². The molecule has 0 saturated carbocycles. The van der Waals surface area contributed by atoms with Gasteiger partial charge in [0.1, 0.15) is 0 Å². The Morgan fingerprint density at radius 3 is 2.94 bits per heavy atom. The van der Waals surface area contributed by atoms with Gasteiger partial charge >= 0.3 is 5.97 Å². The third-order valence-electron chi connectivity index (χ3n) is 2.65. The van der Waals surface area contributed by atoms with E-state index in [4.69, 9.17) is 4.74 Å². The molecule has 0 aromatic rings. The number of carbonyl (C=O) groups is 1. The van der Waals surface area contributed by atoms with Crippen LogP contribution < -0.4 is 0 Å². The van der Waals surface area contributed by atoms with E-state index in [9.17, 15) is 4.79 Å². The molecule has 0 aromatic carbocycles. The predicted octanol–water partition coefficient (Wildman–Crippen LogP) is 3.08. The first-order valence-corrected chi connectivity index (χ1v) is 6.05. The molecule has 1 atom stereocenters. The highest BCUT2D eigenvalue weighted by Gasteiger charge is 2.04. The van der Waals surface area contributed by atoms with Crippen LogP contribution in [0, 0.1) is 17.8 Å². The Morgan fingerprint density at radius 2 is 2.06 bits per heavy atom. The number of ether oxygens (including phenoxy) is 1. The van der Waals surface area contributed by atoms with Gasteiger partial charge in [-0.1, -0.05) is 19.1 Å². The van der Waals surface area contributed by atoms with Crippen LogP contribution in [0.25, 0.3) is 0 Å². The second-order valence-corrected chi connectivity index (χ2v) is 4.22. The second kappa shape index (κ2) is 7.98. The molecule has 0 bridgehead atoms. The van der Waals surface area contributed by atoms with E-state index < -0.39 is 0 Å². The zero-order chi connectivity index (χ0) is 11.6. The molecule has 0 amide bonds. The topological polar surface area (TPSA) is 26.3 Å². The summed E-state index contributed by atoms with van der Waals surface area (Å²) in [5, 5.41) is 0. The Labute approximate surface area is 98.1 Å². The third kappa shape index (κ3) is 6.29. The summed E-state index contributed by atoms with van der Waals surface area (Å²) in [6, 6.07) is 0. The Morgan fingerprint density at radius 1 is 1.25 bits per heavy atom. The molecular weight excluding hydrogens is 200 g/mol. The van der Waals surface area contributed by atoms with Crippen molar-refractivity contribution in [3.8, 4) is 11.8 Å². The lowest BCUT2D eigenvalue weighted by molar-refractivity contribution is -0.142. The largest absolute Gasteiger partial charge is 0.465 e. The van der Waals surface area contributed by atoms with Crippen molar-refractivity contribution >= 4 is 5.97 Å². The first kappa shape index (κ1) is 12.8. The molecule has 0 aromatic heterocycles. The van der Waals surface area contributed by atoms with Crippen molar-refractivity contribution in [2.45, 2.75) is 45.4 Å². The van der Waals surface area contributed by atoms with Crippen LogP contribution in [0.1, 0.15) is 45.4 Å². The van der Waals surface area contributed by atoms with Gasteiger partial charge in [0.2, 0.25) is 0 Å². The summed E-state index contributed by atoms with van der Waals surface area (Å²) in [5.74, 6) is 6.81. The number of esters is 1. The van der Waals surface area contributed by atoms with Crippen LogP contribution in [-0.4, -0.2) is 12.6 Å². The summed E-state index contributed by atoms with van der Waals surface area (Å²) in [7, 11) is 0. The Kier molecular flexibility index (Phi) is 6.41. The molecular formula is C14H20O2. The van der Waals surface area contributed by atoms with Crippen LogP contribution in [0.2, 0.25) is 0 Å². The summed E-state index contributed by atoms with van der Waals surface area (Å²) in [4.78, 5) is 11.3. The highest BCUT2D eigenvalue weighted by Crippen LogP contribution is 2.10. The fourth-order valence-corrected chi connectivity index (χ4v) is 1.53. The summed E-state index contributed by atoms with van der Waals surface area (Å²) in [6.07, 6.45) is 9.08. The lowest BCUT2D eigenvalue weighted by Gasteiger charge is -2.09. The van der Waals surface area contributed by atoms with Gasteiger partial charge in [-0.05, 0) is 25.2 Å². The van der Waals surface area contributed by atoms with Gasteiger partial charge in [-0.25, -0.2) is 0 Å². The van der Waals surface area contributed by atoms with Crippen molar-refractivity contribution in [3.05, 3.63) is 12.2 Å². The van der Waals surface area contributed by atoms with Crippen molar-refractivity contribution in [1.29, 1.82) is 0 Å². The summed E-state index contributed by atoms with van der Waals surface area (Å²) < 4.78 is 5.13. The monoisotopic (exact) mass is 220 g/mol. The molecule has 0 aliphatic carbocycles. The average Bonchev–Trinajstić information content (AvgIpc) is 2.26. The van der Waals surface area contributed by atoms with E-state index in [0.717, 1.165) is 32.1 Å². The number of hydrogen-bond donors (Lipinski definition) is 0. The first-order chi connectivity index (χ1) is 7.79. The predicted molar refractivity (Wildman–Crippen MR) is 64.7 cm³/mol. The maximum atomic E-state index is 11.3. The zero-order valence-corrected chi connectivity index (χ0v) is 10.00. The number of cyclic esters (lactones) is 1. The lowest BCUT2D eigenvalue weighted by atomic mass is 10.0. The number of hydrogen-bond acceptors (Lipinski definition) is 2. The molecule has 0 spiro atoms. The van der Waals surface area contributed by atoms with Crippen molar-refractivity contribution in [3.63, 3.8) is 0 Å². The molecule has 0 fully saturated rings. The van der Waals surface area contributed by atoms with Crippen molar-refractivity contribution in [1.82, 2.24) is 0 Å². The third-order valence-corrected chi connectivity index (χ3v) is 2.65. The van der Waals surface area contributed by atoms with Gasteiger partial charge in [-0.15, -0.1) is 11.8 Å². The quantitative estimate of drug-likeness (QED) is 0.356. The smallest absolute Gasteiger partial charge is 0.309 e. The molecule has 1 heterocycles. The minimum absolute atomic E-state index is 0.119. The first-order valence-electron chi connectivity index (χ1n) is 6.05. The number of carbonyl (C=O) groups excluding carboxylic acids is 1. The zero-order valence-electron chi connectivity index (χ0n) is 10.00. The van der Waals surface area contributed by atoms with Gasteiger partial charge in [0.25, 0.3) is 0 Å². The summed E-state index contributed by atoms with van der Waals surface area (Å²) in [6.45, 7) is 2.72. The van der Waals surface area contributed by atoms with Gasteiger partial charge in [0.05, 0.1) is 13.0 Å². The van der Waals surface area contributed by atoms with Crippen LogP contribution in [0.4, 0.5) is 0 Å². The SMILES string of the molecule is CC1CCC#CCC/C=C\CC(=O)OCC1. The summed E-state index contributed by atoms with van der Waals surface area (Å²) >= 11 is 0. The van der Waals surface area contributed by atoms with Gasteiger partial charge in [-0.2, -0.15) is 0 Å². The molecule has 1 aliphatic rings. The average molecular weight is 220 g/mol. The van der Waals surface area contributed by atoms with Gasteiger partial charge in [-0.3, -0.25) is 4.79 Å². The maximum Gasteiger partial charge on any atom is 0.309 e. The van der Waals surface area contributed by atoms with Crippen molar-refractivity contribution in [2.75, 3.05) is 6.61 Å². The number of allylic oxidation sites excluding steroid dienone is 1. The minimum atomic E-state index is -0.119. The van der Waals surface area contributed by atoms with E-state index in [1.807, 2.05) is 12.2 Å². The molecule has 16 heavy (non-hydrogen) atoms. The Balaban J connectivity index is 2.41. The molecule has 0 radical (unpaired) electrons. The van der Waals surface area contributed by atoms with E-state index >= 15 is 0 Å². The summed E-state index contributed by atoms with van der Waals surface area (Å²) in [5.41, 5.74) is 0. The van der Waals surface area contributed by atoms with E-state index in [1.54, 1.807) is 0 Å². The highest BCUT2D eigenvalue weighted by molar-refractivity contribution is 5.71. The van der Waals surface area contributed by atoms with Crippen LogP contribution in [0.3, 0.4) is 0 Å². The maximum absolute atomic E-state index is 11.3. The van der Waals surface area contributed by atoms with Crippen LogP contribution in [0.5, 0.6) is 0 Å². The molecule has 2 heteroatoms. The van der Waals surface area contributed by atoms with Gasteiger partial charge < -0.3 is 4.74 Å². The molecule has 0 saturated heterocycles. The van der Waals surface area contributed by atoms with Crippen LogP contribution in [0.15, 0.2) is 12.2 Å². The fourth-order valence-electron chi connectivity index (χ4n) is 1.53. The highest BCUT2D eigenvalue weighted by atomic mass is 16.5. The van der Waals surface area contributed by atoms with E-state index in [-0.39, 0.29) is 5.97 Å². The van der Waals surface area contributed by atoms with E-state index in [2.05, 4.69) is 18.8 Å². The molecule has 0 N–H and O–H groups in total. The van der Waals surface area contributed by atoms with Crippen molar-refractivity contribution in [2.24, 2.45) is 5.92 Å². The fraction of sp³-hybridized carbons (Fsp3) is 0.643. The van der Waals surface area contributed by atoms with Crippen LogP contribution >= 0.6 is 0 Å². The van der Waals surface area contributed by atoms with Gasteiger partial charge in [0, 0.05) is 12.8 Å². The second-order valence-electron chi connectivity index (χ2n) is 4.22. The Hall–Kier alpha value is -1.23. The van der Waals surface area contributed by atoms with E-state index in [1.165, 1.54) is 0 Å². The normalized spacial score (nSPS) is 25.8. The van der Waals surface area contributed by atoms with Crippen LogP contribution in [-0.2, 0) is 9.53 Å². The lowest BCUT2D eigenvalue weighted by Crippen LogP contribution is -2.07. The number of rotatable bonds is 0.